The van der Waals surface area contributed by atoms with Crippen LogP contribution in [0.1, 0.15) is 49.3 Å². The van der Waals surface area contributed by atoms with Crippen LogP contribution in [0.15, 0.2) is 0 Å². The smallest absolute Gasteiger partial charge is 0.106 e. The monoisotopic (exact) mass is 233 g/mol. The van der Waals surface area contributed by atoms with Gasteiger partial charge in [-0.1, -0.05) is 0 Å². The second-order valence-corrected chi connectivity index (χ2v) is 5.88. The topological polar surface area (TPSA) is 43.8 Å². The van der Waals surface area contributed by atoms with Crippen molar-refractivity contribution < 1.29 is 0 Å². The highest BCUT2D eigenvalue weighted by atomic mass is 15.1. The first-order chi connectivity index (χ1) is 8.24. The van der Waals surface area contributed by atoms with Gasteiger partial charge in [0.25, 0.3) is 0 Å². The SMILES string of the molecule is Cc1nc2c(n1CC1(CCN)CC1)CCCC2. The Bertz CT molecular complexity index is 415. The van der Waals surface area contributed by atoms with E-state index in [1.54, 1.807) is 0 Å². The van der Waals surface area contributed by atoms with Crippen molar-refractivity contribution in [3.8, 4) is 0 Å². The molecule has 1 aromatic heterocycles. The van der Waals surface area contributed by atoms with Crippen LogP contribution in [-0.2, 0) is 19.4 Å². The maximum Gasteiger partial charge on any atom is 0.106 e. The molecule has 94 valence electrons. The molecule has 0 aromatic carbocycles. The number of fused-ring (bicyclic) bond motifs is 1. The van der Waals surface area contributed by atoms with Crippen molar-refractivity contribution >= 4 is 0 Å². The zero-order valence-corrected chi connectivity index (χ0v) is 10.8. The molecule has 2 N–H and O–H groups in total. The first kappa shape index (κ1) is 11.3. The van der Waals surface area contributed by atoms with Gasteiger partial charge in [0, 0.05) is 12.2 Å². The average Bonchev–Trinajstić information content (AvgIpc) is 3.00. The highest BCUT2D eigenvalue weighted by Crippen LogP contribution is 2.50. The van der Waals surface area contributed by atoms with Gasteiger partial charge < -0.3 is 10.3 Å². The molecule has 1 fully saturated rings. The molecule has 3 heteroatoms. The summed E-state index contributed by atoms with van der Waals surface area (Å²) in [5.41, 5.74) is 9.15. The van der Waals surface area contributed by atoms with Gasteiger partial charge in [-0.3, -0.25) is 0 Å². The van der Waals surface area contributed by atoms with E-state index >= 15 is 0 Å². The average molecular weight is 233 g/mol. The van der Waals surface area contributed by atoms with Gasteiger partial charge in [-0.25, -0.2) is 4.98 Å². The van der Waals surface area contributed by atoms with Gasteiger partial charge in [0.2, 0.25) is 0 Å². The number of hydrogen-bond donors (Lipinski definition) is 1. The molecule has 17 heavy (non-hydrogen) atoms. The van der Waals surface area contributed by atoms with Gasteiger partial charge in [0.1, 0.15) is 5.82 Å². The predicted molar refractivity (Wildman–Crippen MR) is 68.9 cm³/mol. The van der Waals surface area contributed by atoms with Gasteiger partial charge in [-0.15, -0.1) is 0 Å². The second-order valence-electron chi connectivity index (χ2n) is 5.88. The molecule has 1 aromatic rings. The van der Waals surface area contributed by atoms with Crippen LogP contribution in [0.4, 0.5) is 0 Å². The van der Waals surface area contributed by atoms with Crippen LogP contribution in [0.2, 0.25) is 0 Å². The Morgan fingerprint density at radius 2 is 2.06 bits per heavy atom. The number of nitrogens with zero attached hydrogens (tertiary/aromatic N) is 2. The minimum Gasteiger partial charge on any atom is -0.331 e. The molecule has 1 heterocycles. The molecule has 0 radical (unpaired) electrons. The third-order valence-corrected chi connectivity index (χ3v) is 4.55. The molecule has 0 amide bonds. The Labute approximate surface area is 103 Å². The van der Waals surface area contributed by atoms with Crippen LogP contribution in [0.25, 0.3) is 0 Å². The fourth-order valence-electron chi connectivity index (χ4n) is 3.25. The molecule has 0 spiro atoms. The standard InChI is InChI=1S/C14H23N3/c1-11-16-12-4-2-3-5-13(12)17(11)10-14(6-7-14)8-9-15/h2-10,15H2,1H3. The van der Waals surface area contributed by atoms with E-state index < -0.39 is 0 Å². The van der Waals surface area contributed by atoms with Crippen molar-refractivity contribution in [3.05, 3.63) is 17.2 Å². The van der Waals surface area contributed by atoms with Crippen molar-refractivity contribution in [3.63, 3.8) is 0 Å². The molecule has 0 atom stereocenters. The lowest BCUT2D eigenvalue weighted by atomic mass is 9.99. The molecular weight excluding hydrogens is 210 g/mol. The summed E-state index contributed by atoms with van der Waals surface area (Å²) in [6.07, 6.45) is 8.97. The van der Waals surface area contributed by atoms with Crippen LogP contribution >= 0.6 is 0 Å². The Morgan fingerprint density at radius 1 is 1.29 bits per heavy atom. The number of imidazole rings is 1. The third kappa shape index (κ3) is 2.01. The Morgan fingerprint density at radius 3 is 2.76 bits per heavy atom. The van der Waals surface area contributed by atoms with E-state index in [1.807, 2.05) is 0 Å². The highest BCUT2D eigenvalue weighted by molar-refractivity contribution is 5.20. The van der Waals surface area contributed by atoms with Gasteiger partial charge in [0.15, 0.2) is 0 Å². The van der Waals surface area contributed by atoms with E-state index in [0.29, 0.717) is 5.41 Å². The maximum absolute atomic E-state index is 5.73. The molecular formula is C14H23N3. The largest absolute Gasteiger partial charge is 0.331 e. The van der Waals surface area contributed by atoms with E-state index in [2.05, 4.69) is 11.5 Å². The van der Waals surface area contributed by atoms with Crippen LogP contribution in [0, 0.1) is 12.3 Å². The lowest BCUT2D eigenvalue weighted by Crippen LogP contribution is -2.19. The van der Waals surface area contributed by atoms with Crippen LogP contribution in [-0.4, -0.2) is 16.1 Å². The molecule has 2 aliphatic carbocycles. The summed E-state index contributed by atoms with van der Waals surface area (Å²) in [5, 5.41) is 0. The Hall–Kier alpha value is -0.830. The predicted octanol–water partition coefficient (Wildman–Crippen LogP) is 2.20. The molecule has 0 unspecified atom stereocenters. The lowest BCUT2D eigenvalue weighted by Gasteiger charge is -2.20. The summed E-state index contributed by atoms with van der Waals surface area (Å²) in [5.74, 6) is 1.22. The quantitative estimate of drug-likeness (QED) is 0.866. The van der Waals surface area contributed by atoms with E-state index in [4.69, 9.17) is 10.7 Å². The summed E-state index contributed by atoms with van der Waals surface area (Å²) in [4.78, 5) is 4.75. The number of hydrogen-bond acceptors (Lipinski definition) is 2. The first-order valence-corrected chi connectivity index (χ1v) is 6.99. The fraction of sp³-hybridized carbons (Fsp3) is 0.786. The number of aromatic nitrogens is 2. The Kier molecular flexibility index (Phi) is 2.74. The summed E-state index contributed by atoms with van der Waals surface area (Å²) in [6, 6.07) is 0. The van der Waals surface area contributed by atoms with E-state index in [0.717, 1.165) is 6.54 Å². The Balaban J connectivity index is 1.85. The summed E-state index contributed by atoms with van der Waals surface area (Å²) < 4.78 is 2.50. The molecule has 2 aliphatic rings. The zero-order valence-electron chi connectivity index (χ0n) is 10.8. The van der Waals surface area contributed by atoms with E-state index in [1.165, 1.54) is 68.7 Å². The molecule has 1 saturated carbocycles. The zero-order chi connectivity index (χ0) is 11.9. The second kappa shape index (κ2) is 4.13. The fourth-order valence-corrected chi connectivity index (χ4v) is 3.25. The summed E-state index contributed by atoms with van der Waals surface area (Å²) in [7, 11) is 0. The normalized spacial score (nSPS) is 21.3. The van der Waals surface area contributed by atoms with Crippen molar-refractivity contribution in [2.24, 2.45) is 11.1 Å². The van der Waals surface area contributed by atoms with Gasteiger partial charge in [-0.2, -0.15) is 0 Å². The minimum atomic E-state index is 0.519. The van der Waals surface area contributed by atoms with E-state index in [-0.39, 0.29) is 0 Å². The third-order valence-electron chi connectivity index (χ3n) is 4.55. The number of nitrogens with two attached hydrogens (primary N) is 1. The van der Waals surface area contributed by atoms with Crippen molar-refractivity contribution in [2.45, 2.75) is 58.4 Å². The van der Waals surface area contributed by atoms with Crippen LogP contribution in [0.3, 0.4) is 0 Å². The molecule has 3 nitrogen and oxygen atoms in total. The van der Waals surface area contributed by atoms with Crippen molar-refractivity contribution in [2.75, 3.05) is 6.54 Å². The molecule has 0 bridgehead atoms. The number of rotatable bonds is 4. The summed E-state index contributed by atoms with van der Waals surface area (Å²) >= 11 is 0. The molecule has 0 aliphatic heterocycles. The van der Waals surface area contributed by atoms with Crippen molar-refractivity contribution in [1.29, 1.82) is 0 Å². The maximum atomic E-state index is 5.73. The van der Waals surface area contributed by atoms with Gasteiger partial charge in [-0.05, 0) is 63.8 Å². The van der Waals surface area contributed by atoms with E-state index in [9.17, 15) is 0 Å². The van der Waals surface area contributed by atoms with Crippen molar-refractivity contribution in [1.82, 2.24) is 9.55 Å². The summed E-state index contributed by atoms with van der Waals surface area (Å²) in [6.45, 7) is 4.16. The molecule has 3 rings (SSSR count). The molecule has 0 saturated heterocycles. The minimum absolute atomic E-state index is 0.519. The van der Waals surface area contributed by atoms with Gasteiger partial charge in [0.05, 0.1) is 5.69 Å². The highest BCUT2D eigenvalue weighted by Gasteiger charge is 2.42. The first-order valence-electron chi connectivity index (χ1n) is 6.99. The lowest BCUT2D eigenvalue weighted by molar-refractivity contribution is 0.384. The number of aryl methyl sites for hydroxylation is 2. The van der Waals surface area contributed by atoms with Crippen LogP contribution < -0.4 is 5.73 Å². The van der Waals surface area contributed by atoms with Crippen LogP contribution in [0.5, 0.6) is 0 Å². The van der Waals surface area contributed by atoms with Gasteiger partial charge >= 0.3 is 0 Å².